The molecule has 27 heavy (non-hydrogen) atoms. The molecular weight excluding hydrogens is 340 g/mol. The van der Waals surface area contributed by atoms with Crippen molar-refractivity contribution in [3.05, 3.63) is 89.3 Å². The minimum Gasteiger partial charge on any atom is -0.454 e. The summed E-state index contributed by atoms with van der Waals surface area (Å²) >= 11 is 0. The highest BCUT2D eigenvalue weighted by molar-refractivity contribution is 5.98. The Morgan fingerprint density at radius 3 is 2.30 bits per heavy atom. The molecule has 0 aliphatic rings. The molecule has 0 N–H and O–H groups in total. The Labute approximate surface area is 157 Å². The lowest BCUT2D eigenvalue weighted by Gasteiger charge is -2.03. The van der Waals surface area contributed by atoms with Gasteiger partial charge in [-0.1, -0.05) is 48.5 Å². The largest absolute Gasteiger partial charge is 0.454 e. The number of ether oxygens (including phenoxy) is 1. The number of para-hydroxylation sites is 1. The van der Waals surface area contributed by atoms with Crippen LogP contribution in [-0.2, 0) is 9.53 Å². The van der Waals surface area contributed by atoms with Crippen LogP contribution in [0.2, 0.25) is 0 Å². The number of esters is 1. The lowest BCUT2D eigenvalue weighted by atomic mass is 10.1. The summed E-state index contributed by atoms with van der Waals surface area (Å²) in [7, 11) is 0. The quantitative estimate of drug-likeness (QED) is 0.380. The van der Waals surface area contributed by atoms with Crippen molar-refractivity contribution in [2.75, 3.05) is 6.61 Å². The van der Waals surface area contributed by atoms with Crippen molar-refractivity contribution < 1.29 is 14.3 Å². The van der Waals surface area contributed by atoms with Gasteiger partial charge in [0, 0.05) is 22.9 Å². The molecule has 5 nitrogen and oxygen atoms in total. The van der Waals surface area contributed by atoms with E-state index in [1.54, 1.807) is 30.3 Å². The summed E-state index contributed by atoms with van der Waals surface area (Å²) in [4.78, 5) is 23.9. The number of hydrogen-bond donors (Lipinski definition) is 0. The van der Waals surface area contributed by atoms with E-state index in [4.69, 9.17) is 4.74 Å². The first-order valence-electron chi connectivity index (χ1n) is 8.61. The van der Waals surface area contributed by atoms with Gasteiger partial charge in [0.1, 0.15) is 0 Å². The Balaban J connectivity index is 1.66. The van der Waals surface area contributed by atoms with Gasteiger partial charge in [-0.2, -0.15) is 5.10 Å². The second-order valence-corrected chi connectivity index (χ2v) is 6.06. The molecule has 0 saturated heterocycles. The summed E-state index contributed by atoms with van der Waals surface area (Å²) in [6.07, 6.45) is 3.00. The molecule has 0 spiro atoms. The maximum atomic E-state index is 12.0. The number of benzene rings is 2. The van der Waals surface area contributed by atoms with E-state index in [2.05, 4.69) is 5.10 Å². The number of aromatic nitrogens is 2. The van der Waals surface area contributed by atoms with Gasteiger partial charge in [0.2, 0.25) is 0 Å². The molecule has 3 rings (SSSR count). The van der Waals surface area contributed by atoms with Crippen molar-refractivity contribution in [3.63, 3.8) is 0 Å². The van der Waals surface area contributed by atoms with E-state index in [-0.39, 0.29) is 12.4 Å². The van der Waals surface area contributed by atoms with Gasteiger partial charge in [0.25, 0.3) is 0 Å². The molecule has 5 heteroatoms. The topological polar surface area (TPSA) is 61.2 Å². The Kier molecular flexibility index (Phi) is 5.61. The van der Waals surface area contributed by atoms with Crippen LogP contribution in [0, 0.1) is 13.8 Å². The molecule has 0 radical (unpaired) electrons. The monoisotopic (exact) mass is 360 g/mol. The highest BCUT2D eigenvalue weighted by atomic mass is 16.5. The van der Waals surface area contributed by atoms with E-state index in [9.17, 15) is 9.59 Å². The lowest BCUT2D eigenvalue weighted by molar-refractivity contribution is -0.136. The van der Waals surface area contributed by atoms with Gasteiger partial charge < -0.3 is 4.74 Å². The summed E-state index contributed by atoms with van der Waals surface area (Å²) in [6.45, 7) is 3.54. The summed E-state index contributed by atoms with van der Waals surface area (Å²) in [6, 6.07) is 18.5. The molecule has 0 amide bonds. The maximum Gasteiger partial charge on any atom is 0.331 e. The maximum absolute atomic E-state index is 12.0. The molecule has 0 fully saturated rings. The van der Waals surface area contributed by atoms with Crippen molar-refractivity contribution in [2.24, 2.45) is 0 Å². The van der Waals surface area contributed by atoms with Crippen LogP contribution < -0.4 is 0 Å². The van der Waals surface area contributed by atoms with E-state index < -0.39 is 5.97 Å². The predicted molar refractivity (Wildman–Crippen MR) is 104 cm³/mol. The third-order valence-corrected chi connectivity index (χ3v) is 4.18. The van der Waals surface area contributed by atoms with Crippen LogP contribution in [-0.4, -0.2) is 28.1 Å². The van der Waals surface area contributed by atoms with Crippen molar-refractivity contribution >= 4 is 17.8 Å². The number of Topliss-reactive ketones (excluding diaryl/α,β-unsaturated/α-hetero) is 1. The van der Waals surface area contributed by atoms with Crippen molar-refractivity contribution in [2.45, 2.75) is 13.8 Å². The van der Waals surface area contributed by atoms with Gasteiger partial charge in [0.15, 0.2) is 12.4 Å². The van der Waals surface area contributed by atoms with E-state index in [0.717, 1.165) is 22.6 Å². The standard InChI is InChI=1S/C22H20N2O3/c1-16-20(17(2)24(23-16)19-11-7-4-8-12-19)13-14-22(26)27-15-21(25)18-9-5-3-6-10-18/h3-14H,15H2,1-2H3/b14-13+. The van der Waals surface area contributed by atoms with E-state index in [1.807, 2.05) is 54.9 Å². The van der Waals surface area contributed by atoms with Crippen LogP contribution in [0.5, 0.6) is 0 Å². The molecular formula is C22H20N2O3. The summed E-state index contributed by atoms with van der Waals surface area (Å²) < 4.78 is 6.88. The number of ketones is 1. The van der Waals surface area contributed by atoms with Gasteiger partial charge >= 0.3 is 5.97 Å². The SMILES string of the molecule is Cc1nn(-c2ccccc2)c(C)c1/C=C/C(=O)OCC(=O)c1ccccc1. The fourth-order valence-corrected chi connectivity index (χ4v) is 2.76. The Bertz CT molecular complexity index is 974. The molecule has 136 valence electrons. The third kappa shape index (κ3) is 4.39. The number of rotatable bonds is 6. The van der Waals surface area contributed by atoms with Crippen LogP contribution >= 0.6 is 0 Å². The van der Waals surface area contributed by atoms with Crippen molar-refractivity contribution in [1.82, 2.24) is 9.78 Å². The molecule has 0 aliphatic heterocycles. The third-order valence-electron chi connectivity index (χ3n) is 4.18. The first-order valence-corrected chi connectivity index (χ1v) is 8.61. The van der Waals surface area contributed by atoms with Crippen molar-refractivity contribution in [1.29, 1.82) is 0 Å². The van der Waals surface area contributed by atoms with E-state index in [0.29, 0.717) is 5.56 Å². The fourth-order valence-electron chi connectivity index (χ4n) is 2.76. The van der Waals surface area contributed by atoms with Gasteiger partial charge in [-0.05, 0) is 32.1 Å². The zero-order valence-electron chi connectivity index (χ0n) is 15.3. The van der Waals surface area contributed by atoms with Crippen molar-refractivity contribution in [3.8, 4) is 5.69 Å². The van der Waals surface area contributed by atoms with Gasteiger partial charge in [-0.3, -0.25) is 4.79 Å². The highest BCUT2D eigenvalue weighted by Gasteiger charge is 2.12. The van der Waals surface area contributed by atoms with Gasteiger partial charge in [-0.15, -0.1) is 0 Å². The number of carbonyl (C=O) groups is 2. The molecule has 3 aromatic rings. The minimum absolute atomic E-state index is 0.235. The van der Waals surface area contributed by atoms with E-state index >= 15 is 0 Å². The minimum atomic E-state index is -0.564. The van der Waals surface area contributed by atoms with Crippen LogP contribution in [0.3, 0.4) is 0 Å². The van der Waals surface area contributed by atoms with E-state index in [1.165, 1.54) is 6.08 Å². The van der Waals surface area contributed by atoms with Crippen LogP contribution in [0.4, 0.5) is 0 Å². The van der Waals surface area contributed by atoms with Gasteiger partial charge in [0.05, 0.1) is 11.4 Å². The average molecular weight is 360 g/mol. The number of hydrogen-bond acceptors (Lipinski definition) is 4. The summed E-state index contributed by atoms with van der Waals surface area (Å²) in [5.74, 6) is -0.799. The average Bonchev–Trinajstić information content (AvgIpc) is 2.99. The molecule has 0 saturated carbocycles. The molecule has 0 bridgehead atoms. The smallest absolute Gasteiger partial charge is 0.331 e. The molecule has 0 atom stereocenters. The molecule has 1 aromatic heterocycles. The Morgan fingerprint density at radius 2 is 1.63 bits per heavy atom. The van der Waals surface area contributed by atoms with Crippen LogP contribution in [0.25, 0.3) is 11.8 Å². The Morgan fingerprint density at radius 1 is 1.00 bits per heavy atom. The molecule has 0 unspecified atom stereocenters. The normalized spacial score (nSPS) is 10.9. The lowest BCUT2D eigenvalue weighted by Crippen LogP contribution is -2.12. The molecule has 2 aromatic carbocycles. The predicted octanol–water partition coefficient (Wildman–Crippen LogP) is 3.93. The number of aryl methyl sites for hydroxylation is 1. The summed E-state index contributed by atoms with van der Waals surface area (Å²) in [5, 5.41) is 4.53. The summed E-state index contributed by atoms with van der Waals surface area (Å²) in [5.41, 5.74) is 4.05. The fraction of sp³-hybridized carbons (Fsp3) is 0.136. The number of carbonyl (C=O) groups excluding carboxylic acids is 2. The Hall–Kier alpha value is -3.47. The zero-order chi connectivity index (χ0) is 19.2. The molecule has 0 aliphatic carbocycles. The molecule has 1 heterocycles. The van der Waals surface area contributed by atoms with Gasteiger partial charge in [-0.25, -0.2) is 9.48 Å². The second-order valence-electron chi connectivity index (χ2n) is 6.06. The second kappa shape index (κ2) is 8.27. The highest BCUT2D eigenvalue weighted by Crippen LogP contribution is 2.19. The number of nitrogens with zero attached hydrogens (tertiary/aromatic N) is 2. The van der Waals surface area contributed by atoms with Crippen LogP contribution in [0.15, 0.2) is 66.7 Å². The van der Waals surface area contributed by atoms with Crippen LogP contribution in [0.1, 0.15) is 27.3 Å². The first-order chi connectivity index (χ1) is 13.1. The first kappa shape index (κ1) is 18.3. The zero-order valence-corrected chi connectivity index (χ0v) is 15.3.